The van der Waals surface area contributed by atoms with Crippen LogP contribution in [0.25, 0.3) is 11.2 Å². The molecule has 0 spiro atoms. The predicted octanol–water partition coefficient (Wildman–Crippen LogP) is 3.48. The first-order valence-corrected chi connectivity index (χ1v) is 7.04. The number of alkyl halides is 1. The van der Waals surface area contributed by atoms with Crippen molar-refractivity contribution < 1.29 is 0 Å². The second kappa shape index (κ2) is 5.21. The lowest BCUT2D eigenvalue weighted by Gasteiger charge is -2.16. The lowest BCUT2D eigenvalue weighted by molar-refractivity contribution is 0.628. The quantitative estimate of drug-likeness (QED) is 0.692. The van der Waals surface area contributed by atoms with Crippen molar-refractivity contribution in [2.75, 3.05) is 0 Å². The highest BCUT2D eigenvalue weighted by molar-refractivity contribution is 6.16. The molecule has 3 aromatic heterocycles. The van der Waals surface area contributed by atoms with Crippen LogP contribution in [0.3, 0.4) is 0 Å². The number of hydrogen-bond acceptors (Lipinski definition) is 3. The molecule has 0 aliphatic heterocycles. The number of imidazole rings is 1. The Labute approximate surface area is 122 Å². The molecule has 0 aliphatic rings. The van der Waals surface area contributed by atoms with Crippen LogP contribution in [-0.4, -0.2) is 19.5 Å². The fraction of sp³-hybridized carbons (Fsp3) is 0.267. The molecule has 5 heteroatoms. The molecule has 0 saturated carbocycles. The van der Waals surface area contributed by atoms with Gasteiger partial charge in [-0.2, -0.15) is 0 Å². The topological polar surface area (TPSA) is 43.6 Å². The van der Waals surface area contributed by atoms with Crippen LogP contribution in [0.2, 0.25) is 0 Å². The van der Waals surface area contributed by atoms with Crippen molar-refractivity contribution in [1.82, 2.24) is 19.5 Å². The average molecular weight is 287 g/mol. The van der Waals surface area contributed by atoms with E-state index in [1.165, 1.54) is 0 Å². The van der Waals surface area contributed by atoms with Crippen LogP contribution in [0.15, 0.2) is 36.8 Å². The van der Waals surface area contributed by atoms with Gasteiger partial charge in [0.15, 0.2) is 5.65 Å². The minimum Gasteiger partial charge on any atom is -0.304 e. The summed E-state index contributed by atoms with van der Waals surface area (Å²) in [6.45, 7) is 4.16. The third-order valence-corrected chi connectivity index (χ3v) is 3.79. The van der Waals surface area contributed by atoms with E-state index in [-0.39, 0.29) is 6.04 Å². The van der Waals surface area contributed by atoms with Crippen LogP contribution in [0.5, 0.6) is 0 Å². The zero-order valence-corrected chi connectivity index (χ0v) is 12.2. The Balaban J connectivity index is 2.22. The van der Waals surface area contributed by atoms with Gasteiger partial charge in [-0.3, -0.25) is 4.98 Å². The molecule has 0 saturated heterocycles. The lowest BCUT2D eigenvalue weighted by atomic mass is 10.1. The van der Waals surface area contributed by atoms with Crippen LogP contribution in [0.4, 0.5) is 0 Å². The first kappa shape index (κ1) is 13.1. The van der Waals surface area contributed by atoms with Gasteiger partial charge in [0, 0.05) is 18.6 Å². The summed E-state index contributed by atoms with van der Waals surface area (Å²) in [6, 6.07) is 6.09. The van der Waals surface area contributed by atoms with E-state index < -0.39 is 0 Å². The number of pyridine rings is 2. The number of aryl methyl sites for hydroxylation is 1. The maximum Gasteiger partial charge on any atom is 0.160 e. The molecule has 20 heavy (non-hydrogen) atoms. The summed E-state index contributed by atoms with van der Waals surface area (Å²) in [5.74, 6) is 1.21. The van der Waals surface area contributed by atoms with Gasteiger partial charge in [-0.05, 0) is 43.2 Å². The molecule has 3 rings (SSSR count). The summed E-state index contributed by atoms with van der Waals surface area (Å²) >= 11 is 6.06. The second-order valence-electron chi connectivity index (χ2n) is 4.79. The van der Waals surface area contributed by atoms with E-state index in [9.17, 15) is 0 Å². The standard InChI is InChI=1S/C15H15ClN4/c1-10-3-8-18-15-14(10)19-13(9-16)20(15)11(2)12-4-6-17-7-5-12/h3-8,11H,9H2,1-2H3. The molecule has 0 bridgehead atoms. The van der Waals surface area contributed by atoms with Gasteiger partial charge in [-0.1, -0.05) is 0 Å². The van der Waals surface area contributed by atoms with Crippen molar-refractivity contribution in [1.29, 1.82) is 0 Å². The molecule has 0 N–H and O–H groups in total. The van der Waals surface area contributed by atoms with Gasteiger partial charge in [-0.15, -0.1) is 11.6 Å². The Morgan fingerprint density at radius 3 is 2.65 bits per heavy atom. The van der Waals surface area contributed by atoms with Gasteiger partial charge in [0.05, 0.1) is 11.9 Å². The van der Waals surface area contributed by atoms with Crippen molar-refractivity contribution in [3.8, 4) is 0 Å². The number of rotatable bonds is 3. The van der Waals surface area contributed by atoms with Crippen molar-refractivity contribution in [2.24, 2.45) is 0 Å². The smallest absolute Gasteiger partial charge is 0.160 e. The number of halogens is 1. The Hall–Kier alpha value is -1.94. The molecule has 102 valence electrons. The molecule has 3 heterocycles. The third-order valence-electron chi connectivity index (χ3n) is 3.55. The van der Waals surface area contributed by atoms with E-state index in [2.05, 4.69) is 26.4 Å². The maximum absolute atomic E-state index is 6.06. The summed E-state index contributed by atoms with van der Waals surface area (Å²) in [5.41, 5.74) is 4.07. The SMILES string of the molecule is Cc1ccnc2c1nc(CCl)n2C(C)c1ccncc1. The fourth-order valence-corrected chi connectivity index (χ4v) is 2.64. The van der Waals surface area contributed by atoms with Gasteiger partial charge >= 0.3 is 0 Å². The van der Waals surface area contributed by atoms with E-state index in [1.807, 2.05) is 31.3 Å². The average Bonchev–Trinajstić information content (AvgIpc) is 2.87. The normalized spacial score (nSPS) is 12.8. The van der Waals surface area contributed by atoms with Gasteiger partial charge in [0.1, 0.15) is 11.3 Å². The summed E-state index contributed by atoms with van der Waals surface area (Å²) in [5, 5.41) is 0. The van der Waals surface area contributed by atoms with Crippen LogP contribution >= 0.6 is 11.6 Å². The lowest BCUT2D eigenvalue weighted by Crippen LogP contribution is -2.10. The number of fused-ring (bicyclic) bond motifs is 1. The van der Waals surface area contributed by atoms with Crippen molar-refractivity contribution in [3.63, 3.8) is 0 Å². The van der Waals surface area contributed by atoms with Crippen LogP contribution in [-0.2, 0) is 5.88 Å². The summed E-state index contributed by atoms with van der Waals surface area (Å²) in [4.78, 5) is 13.2. The Morgan fingerprint density at radius 2 is 1.95 bits per heavy atom. The number of hydrogen-bond donors (Lipinski definition) is 0. The minimum absolute atomic E-state index is 0.117. The first-order chi connectivity index (χ1) is 9.72. The number of aromatic nitrogens is 4. The minimum atomic E-state index is 0.117. The van der Waals surface area contributed by atoms with Gasteiger partial charge < -0.3 is 4.57 Å². The molecule has 1 atom stereocenters. The van der Waals surface area contributed by atoms with E-state index in [4.69, 9.17) is 11.6 Å². The Kier molecular flexibility index (Phi) is 3.40. The highest BCUT2D eigenvalue weighted by Gasteiger charge is 2.18. The second-order valence-corrected chi connectivity index (χ2v) is 5.06. The molecule has 4 nitrogen and oxygen atoms in total. The molecule has 0 amide bonds. The Bertz CT molecular complexity index is 736. The van der Waals surface area contributed by atoms with E-state index in [0.717, 1.165) is 28.1 Å². The van der Waals surface area contributed by atoms with E-state index in [1.54, 1.807) is 12.4 Å². The van der Waals surface area contributed by atoms with Gasteiger partial charge in [0.25, 0.3) is 0 Å². The highest BCUT2D eigenvalue weighted by atomic mass is 35.5. The monoisotopic (exact) mass is 286 g/mol. The molecule has 1 unspecified atom stereocenters. The molecule has 3 aromatic rings. The molecular weight excluding hydrogens is 272 g/mol. The van der Waals surface area contributed by atoms with Crippen LogP contribution in [0.1, 0.15) is 29.9 Å². The highest BCUT2D eigenvalue weighted by Crippen LogP contribution is 2.26. The molecule has 0 radical (unpaired) electrons. The Morgan fingerprint density at radius 1 is 1.20 bits per heavy atom. The summed E-state index contributed by atoms with van der Waals surface area (Å²) in [7, 11) is 0. The molecular formula is C15H15ClN4. The number of nitrogens with zero attached hydrogens (tertiary/aromatic N) is 4. The molecule has 0 fully saturated rings. The zero-order valence-electron chi connectivity index (χ0n) is 11.4. The molecule has 0 aromatic carbocycles. The predicted molar refractivity (Wildman–Crippen MR) is 79.9 cm³/mol. The first-order valence-electron chi connectivity index (χ1n) is 6.50. The summed E-state index contributed by atoms with van der Waals surface area (Å²) < 4.78 is 2.10. The van der Waals surface area contributed by atoms with Gasteiger partial charge in [0.2, 0.25) is 0 Å². The van der Waals surface area contributed by atoms with E-state index in [0.29, 0.717) is 5.88 Å². The van der Waals surface area contributed by atoms with Crippen LogP contribution < -0.4 is 0 Å². The van der Waals surface area contributed by atoms with Gasteiger partial charge in [-0.25, -0.2) is 9.97 Å². The van der Waals surface area contributed by atoms with Crippen LogP contribution in [0, 0.1) is 6.92 Å². The maximum atomic E-state index is 6.06. The fourth-order valence-electron chi connectivity index (χ4n) is 2.45. The van der Waals surface area contributed by atoms with Crippen molar-refractivity contribution in [3.05, 3.63) is 53.7 Å². The van der Waals surface area contributed by atoms with Crippen molar-refractivity contribution in [2.45, 2.75) is 25.8 Å². The zero-order chi connectivity index (χ0) is 14.1. The van der Waals surface area contributed by atoms with E-state index >= 15 is 0 Å². The largest absolute Gasteiger partial charge is 0.304 e. The molecule has 0 aliphatic carbocycles. The van der Waals surface area contributed by atoms with Crippen molar-refractivity contribution >= 4 is 22.8 Å². The summed E-state index contributed by atoms with van der Waals surface area (Å²) in [6.07, 6.45) is 5.40. The third kappa shape index (κ3) is 2.06.